The molecule has 0 saturated heterocycles. The summed E-state index contributed by atoms with van der Waals surface area (Å²) >= 11 is 7.14. The predicted octanol–water partition coefficient (Wildman–Crippen LogP) is 3.69. The van der Waals surface area contributed by atoms with E-state index in [1.807, 2.05) is 0 Å². The van der Waals surface area contributed by atoms with Gasteiger partial charge in [0.25, 0.3) is 0 Å². The molecule has 1 aromatic carbocycles. The molecule has 4 heteroatoms. The molecule has 0 bridgehead atoms. The fourth-order valence-corrected chi connectivity index (χ4v) is 2.65. The van der Waals surface area contributed by atoms with Gasteiger partial charge in [-0.15, -0.1) is 11.3 Å². The average Bonchev–Trinajstić information content (AvgIpc) is 2.70. The Balaban J connectivity index is 2.18. The third kappa shape index (κ3) is 3.06. The Morgan fingerprint density at radius 3 is 2.82 bits per heavy atom. The van der Waals surface area contributed by atoms with Crippen LogP contribution in [0.1, 0.15) is 27.8 Å². The standard InChI is InChI=1S/C13H14ClNOS/c1-8-3-4-9(2)10(5-8)6-11(16)13-15-7-12(14)17-13/h3-5,7,11,16H,6H2,1-2H3. The van der Waals surface area contributed by atoms with Gasteiger partial charge in [0, 0.05) is 6.42 Å². The molecule has 0 aliphatic carbocycles. The third-order valence-electron chi connectivity index (χ3n) is 2.70. The summed E-state index contributed by atoms with van der Waals surface area (Å²) in [5, 5.41) is 10.8. The minimum absolute atomic E-state index is 0.576. The van der Waals surface area contributed by atoms with Crippen LogP contribution in [0, 0.1) is 13.8 Å². The van der Waals surface area contributed by atoms with Gasteiger partial charge in [-0.05, 0) is 25.0 Å². The molecular formula is C13H14ClNOS. The summed E-state index contributed by atoms with van der Waals surface area (Å²) in [6, 6.07) is 6.26. The number of hydrogen-bond acceptors (Lipinski definition) is 3. The highest BCUT2D eigenvalue weighted by molar-refractivity contribution is 7.15. The number of benzene rings is 1. The number of halogens is 1. The van der Waals surface area contributed by atoms with Crippen molar-refractivity contribution in [1.82, 2.24) is 4.98 Å². The Kier molecular flexibility index (Phi) is 3.82. The first-order valence-electron chi connectivity index (χ1n) is 5.41. The minimum atomic E-state index is -0.576. The van der Waals surface area contributed by atoms with Crippen LogP contribution >= 0.6 is 22.9 Å². The first kappa shape index (κ1) is 12.6. The van der Waals surface area contributed by atoms with E-state index in [-0.39, 0.29) is 0 Å². The summed E-state index contributed by atoms with van der Waals surface area (Å²) < 4.78 is 0.611. The highest BCUT2D eigenvalue weighted by Gasteiger charge is 2.14. The third-order valence-corrected chi connectivity index (χ3v) is 3.91. The molecular weight excluding hydrogens is 254 g/mol. The molecule has 1 unspecified atom stereocenters. The largest absolute Gasteiger partial charge is 0.386 e. The van der Waals surface area contributed by atoms with Crippen molar-refractivity contribution in [3.63, 3.8) is 0 Å². The lowest BCUT2D eigenvalue weighted by atomic mass is 10.0. The van der Waals surface area contributed by atoms with Crippen LogP contribution in [0.25, 0.3) is 0 Å². The number of hydrogen-bond donors (Lipinski definition) is 1. The molecule has 17 heavy (non-hydrogen) atoms. The lowest BCUT2D eigenvalue weighted by molar-refractivity contribution is 0.178. The van der Waals surface area contributed by atoms with Gasteiger partial charge in [-0.2, -0.15) is 0 Å². The first-order chi connectivity index (χ1) is 8.06. The molecule has 90 valence electrons. The summed E-state index contributed by atoms with van der Waals surface area (Å²) in [6.07, 6.45) is 1.58. The van der Waals surface area contributed by atoms with E-state index in [1.165, 1.54) is 22.5 Å². The van der Waals surface area contributed by atoms with Gasteiger partial charge in [-0.3, -0.25) is 0 Å². The number of nitrogens with zero attached hydrogens (tertiary/aromatic N) is 1. The molecule has 0 spiro atoms. The molecule has 1 heterocycles. The summed E-state index contributed by atoms with van der Waals surface area (Å²) in [5.41, 5.74) is 3.55. The average molecular weight is 268 g/mol. The smallest absolute Gasteiger partial charge is 0.123 e. The maximum atomic E-state index is 10.1. The zero-order valence-corrected chi connectivity index (χ0v) is 11.3. The molecule has 1 aromatic heterocycles. The summed E-state index contributed by atoms with van der Waals surface area (Å²) in [5.74, 6) is 0. The SMILES string of the molecule is Cc1ccc(C)c(CC(O)c2ncc(Cl)s2)c1. The predicted molar refractivity (Wildman–Crippen MR) is 71.7 cm³/mol. The van der Waals surface area contributed by atoms with Crippen LogP contribution in [-0.4, -0.2) is 10.1 Å². The van der Waals surface area contributed by atoms with E-state index in [0.29, 0.717) is 15.8 Å². The maximum absolute atomic E-state index is 10.1. The van der Waals surface area contributed by atoms with Crippen molar-refractivity contribution >= 4 is 22.9 Å². The lowest BCUT2D eigenvalue weighted by Crippen LogP contribution is -2.03. The van der Waals surface area contributed by atoms with E-state index in [1.54, 1.807) is 6.20 Å². The van der Waals surface area contributed by atoms with Crippen LogP contribution in [0.2, 0.25) is 4.34 Å². The highest BCUT2D eigenvalue weighted by atomic mass is 35.5. The molecule has 2 nitrogen and oxygen atoms in total. The van der Waals surface area contributed by atoms with Crippen LogP contribution in [0.15, 0.2) is 24.4 Å². The van der Waals surface area contributed by atoms with E-state index in [0.717, 1.165) is 5.56 Å². The van der Waals surface area contributed by atoms with Crippen LogP contribution in [0.4, 0.5) is 0 Å². The summed E-state index contributed by atoms with van der Waals surface area (Å²) in [4.78, 5) is 4.10. The van der Waals surface area contributed by atoms with E-state index in [2.05, 4.69) is 37.0 Å². The van der Waals surface area contributed by atoms with E-state index < -0.39 is 6.10 Å². The van der Waals surface area contributed by atoms with Crippen molar-refractivity contribution in [3.05, 3.63) is 50.4 Å². The Morgan fingerprint density at radius 1 is 1.41 bits per heavy atom. The van der Waals surface area contributed by atoms with Crippen LogP contribution in [0.5, 0.6) is 0 Å². The highest BCUT2D eigenvalue weighted by Crippen LogP contribution is 2.27. The second-order valence-corrected chi connectivity index (χ2v) is 5.85. The number of aryl methyl sites for hydroxylation is 2. The van der Waals surface area contributed by atoms with Gasteiger partial charge in [0.1, 0.15) is 15.4 Å². The van der Waals surface area contributed by atoms with Gasteiger partial charge in [-0.25, -0.2) is 4.98 Å². The number of aliphatic hydroxyl groups is 1. The maximum Gasteiger partial charge on any atom is 0.123 e. The number of thiazole rings is 1. The molecule has 0 saturated carbocycles. The zero-order valence-electron chi connectivity index (χ0n) is 9.77. The molecule has 1 atom stereocenters. The van der Waals surface area contributed by atoms with Gasteiger partial charge < -0.3 is 5.11 Å². The molecule has 0 aliphatic heterocycles. The number of rotatable bonds is 3. The van der Waals surface area contributed by atoms with Crippen LogP contribution in [0.3, 0.4) is 0 Å². The van der Waals surface area contributed by atoms with Crippen LogP contribution < -0.4 is 0 Å². The Hall–Kier alpha value is -0.900. The van der Waals surface area contributed by atoms with Crippen molar-refractivity contribution in [2.45, 2.75) is 26.4 Å². The van der Waals surface area contributed by atoms with Gasteiger partial charge in [0.15, 0.2) is 0 Å². The molecule has 0 fully saturated rings. The van der Waals surface area contributed by atoms with Crippen molar-refractivity contribution in [2.75, 3.05) is 0 Å². The first-order valence-corrected chi connectivity index (χ1v) is 6.61. The van der Waals surface area contributed by atoms with Crippen molar-refractivity contribution in [2.24, 2.45) is 0 Å². The second-order valence-electron chi connectivity index (χ2n) is 4.15. The Morgan fingerprint density at radius 2 is 2.18 bits per heavy atom. The number of aliphatic hydroxyl groups excluding tert-OH is 1. The van der Waals surface area contributed by atoms with E-state index >= 15 is 0 Å². The van der Waals surface area contributed by atoms with Crippen LogP contribution in [-0.2, 0) is 6.42 Å². The van der Waals surface area contributed by atoms with Gasteiger partial charge in [0.2, 0.25) is 0 Å². The summed E-state index contributed by atoms with van der Waals surface area (Å²) in [6.45, 7) is 4.10. The van der Waals surface area contributed by atoms with Gasteiger partial charge >= 0.3 is 0 Å². The molecule has 0 aliphatic rings. The molecule has 2 aromatic rings. The van der Waals surface area contributed by atoms with E-state index in [4.69, 9.17) is 11.6 Å². The molecule has 1 N–H and O–H groups in total. The van der Waals surface area contributed by atoms with Crippen molar-refractivity contribution in [3.8, 4) is 0 Å². The van der Waals surface area contributed by atoms with Crippen molar-refractivity contribution in [1.29, 1.82) is 0 Å². The van der Waals surface area contributed by atoms with Gasteiger partial charge in [-0.1, -0.05) is 35.4 Å². The monoisotopic (exact) mass is 267 g/mol. The Bertz CT molecular complexity index is 524. The number of aromatic nitrogens is 1. The topological polar surface area (TPSA) is 33.1 Å². The summed E-state index contributed by atoms with van der Waals surface area (Å²) in [7, 11) is 0. The molecule has 0 amide bonds. The lowest BCUT2D eigenvalue weighted by Gasteiger charge is -2.10. The minimum Gasteiger partial charge on any atom is -0.386 e. The normalized spacial score (nSPS) is 12.7. The molecule has 0 radical (unpaired) electrons. The Labute approximate surface area is 110 Å². The fourth-order valence-electron chi connectivity index (χ4n) is 1.74. The second kappa shape index (κ2) is 5.17. The van der Waals surface area contributed by atoms with Crippen molar-refractivity contribution < 1.29 is 5.11 Å². The zero-order chi connectivity index (χ0) is 12.4. The fraction of sp³-hybridized carbons (Fsp3) is 0.308. The van der Waals surface area contributed by atoms with E-state index in [9.17, 15) is 5.11 Å². The quantitative estimate of drug-likeness (QED) is 0.920. The van der Waals surface area contributed by atoms with Gasteiger partial charge in [0.05, 0.1) is 6.20 Å². The molecule has 2 rings (SSSR count).